The number of carboxylic acid groups (broad SMARTS) is 1. The summed E-state index contributed by atoms with van der Waals surface area (Å²) in [5.74, 6) is -0.758. The number of nitrogens with zero attached hydrogens (tertiary/aromatic N) is 1. The Kier molecular flexibility index (Phi) is 6.38. The largest absolute Gasteiger partial charge is 0.493 e. The first kappa shape index (κ1) is 20.0. The number of ether oxygens (including phenoxy) is 1. The van der Waals surface area contributed by atoms with Gasteiger partial charge < -0.3 is 9.84 Å². The highest BCUT2D eigenvalue weighted by atomic mass is 35.5. The van der Waals surface area contributed by atoms with Crippen molar-refractivity contribution in [1.82, 2.24) is 4.90 Å². The lowest BCUT2D eigenvalue weighted by Crippen LogP contribution is -2.27. The number of amides is 2. The number of halogens is 1. The number of imide groups is 1. The molecular formula is C20H16ClNO5S. The molecular weight excluding hydrogens is 402 g/mol. The third kappa shape index (κ3) is 4.94. The first-order valence-corrected chi connectivity index (χ1v) is 9.57. The van der Waals surface area contributed by atoms with Crippen LogP contribution in [-0.2, 0) is 16.1 Å². The minimum Gasteiger partial charge on any atom is -0.493 e. The summed E-state index contributed by atoms with van der Waals surface area (Å²) in [6.45, 7) is 0.202. The Bertz CT molecular complexity index is 942. The molecule has 28 heavy (non-hydrogen) atoms. The van der Waals surface area contributed by atoms with E-state index in [4.69, 9.17) is 21.4 Å². The summed E-state index contributed by atoms with van der Waals surface area (Å²) in [4.78, 5) is 36.8. The highest BCUT2D eigenvalue weighted by molar-refractivity contribution is 8.18. The van der Waals surface area contributed by atoms with E-state index in [1.54, 1.807) is 54.6 Å². The van der Waals surface area contributed by atoms with Gasteiger partial charge in [0.05, 0.1) is 24.5 Å². The molecule has 1 aliphatic rings. The molecule has 1 fully saturated rings. The van der Waals surface area contributed by atoms with Gasteiger partial charge in [-0.25, -0.2) is 0 Å². The van der Waals surface area contributed by atoms with Crippen molar-refractivity contribution in [3.05, 3.63) is 69.6 Å². The monoisotopic (exact) mass is 417 g/mol. The van der Waals surface area contributed by atoms with E-state index in [1.165, 1.54) is 4.90 Å². The molecule has 1 aliphatic heterocycles. The second-order valence-electron chi connectivity index (χ2n) is 5.92. The standard InChI is InChI=1S/C20H16ClNO5S/c21-16-4-2-1-3-14(16)12-22-19(25)17(28-20(22)26)11-13-5-7-15(8-6-13)27-10-9-18(23)24/h1-8,11H,9-10,12H2,(H,23,24)/b17-11+. The normalized spacial score (nSPS) is 15.3. The zero-order chi connectivity index (χ0) is 20.1. The third-order valence-electron chi connectivity index (χ3n) is 3.92. The minimum atomic E-state index is -0.927. The molecule has 8 heteroatoms. The molecule has 0 aliphatic carbocycles. The van der Waals surface area contributed by atoms with Crippen LogP contribution in [0.25, 0.3) is 6.08 Å². The van der Waals surface area contributed by atoms with Crippen LogP contribution in [0.5, 0.6) is 5.75 Å². The molecule has 0 bridgehead atoms. The molecule has 1 N–H and O–H groups in total. The molecule has 1 saturated heterocycles. The fourth-order valence-corrected chi connectivity index (χ4v) is 3.53. The molecule has 0 spiro atoms. The first-order chi connectivity index (χ1) is 13.4. The number of benzene rings is 2. The molecule has 6 nitrogen and oxygen atoms in total. The summed E-state index contributed by atoms with van der Waals surface area (Å²) in [6, 6.07) is 13.9. The van der Waals surface area contributed by atoms with Crippen LogP contribution in [0.4, 0.5) is 4.79 Å². The lowest BCUT2D eigenvalue weighted by atomic mass is 10.2. The Morgan fingerprint density at radius 3 is 2.54 bits per heavy atom. The second-order valence-corrected chi connectivity index (χ2v) is 7.32. The van der Waals surface area contributed by atoms with E-state index in [2.05, 4.69) is 0 Å². The van der Waals surface area contributed by atoms with E-state index in [0.29, 0.717) is 21.2 Å². The van der Waals surface area contributed by atoms with Gasteiger partial charge in [0.2, 0.25) is 0 Å². The fourth-order valence-electron chi connectivity index (χ4n) is 2.50. The molecule has 2 aromatic carbocycles. The van der Waals surface area contributed by atoms with Crippen LogP contribution in [0.2, 0.25) is 5.02 Å². The SMILES string of the molecule is O=C(O)CCOc1ccc(/C=C2/SC(=O)N(Cc3ccccc3Cl)C2=O)cc1. The van der Waals surface area contributed by atoms with E-state index >= 15 is 0 Å². The zero-order valence-corrected chi connectivity index (χ0v) is 16.2. The molecule has 0 atom stereocenters. The Morgan fingerprint density at radius 1 is 1.14 bits per heavy atom. The van der Waals surface area contributed by atoms with Gasteiger partial charge in [-0.2, -0.15) is 0 Å². The van der Waals surface area contributed by atoms with Crippen molar-refractivity contribution in [2.75, 3.05) is 6.61 Å². The predicted octanol–water partition coefficient (Wildman–Crippen LogP) is 4.43. The van der Waals surface area contributed by atoms with Gasteiger partial charge in [0.15, 0.2) is 0 Å². The van der Waals surface area contributed by atoms with Gasteiger partial charge >= 0.3 is 5.97 Å². The number of carbonyl (C=O) groups is 3. The maximum Gasteiger partial charge on any atom is 0.306 e. The lowest BCUT2D eigenvalue weighted by molar-refractivity contribution is -0.137. The number of hydrogen-bond acceptors (Lipinski definition) is 5. The highest BCUT2D eigenvalue weighted by Gasteiger charge is 2.35. The number of hydrogen-bond donors (Lipinski definition) is 1. The van der Waals surface area contributed by atoms with Gasteiger partial charge in [-0.05, 0) is 47.2 Å². The number of carboxylic acids is 1. The smallest absolute Gasteiger partial charge is 0.306 e. The Hall–Kier alpha value is -2.77. The van der Waals surface area contributed by atoms with Crippen LogP contribution >= 0.6 is 23.4 Å². The first-order valence-electron chi connectivity index (χ1n) is 8.37. The molecule has 0 saturated carbocycles. The molecule has 1 heterocycles. The van der Waals surface area contributed by atoms with E-state index in [9.17, 15) is 14.4 Å². The molecule has 0 aromatic heterocycles. The predicted molar refractivity (Wildman–Crippen MR) is 107 cm³/mol. The topological polar surface area (TPSA) is 83.9 Å². The number of carbonyl (C=O) groups excluding carboxylic acids is 2. The average molecular weight is 418 g/mol. The summed E-state index contributed by atoms with van der Waals surface area (Å²) in [6.07, 6.45) is 1.55. The molecule has 0 radical (unpaired) electrons. The van der Waals surface area contributed by atoms with Crippen LogP contribution < -0.4 is 4.74 Å². The lowest BCUT2D eigenvalue weighted by Gasteiger charge is -2.13. The molecule has 2 amide bonds. The van der Waals surface area contributed by atoms with Crippen molar-refractivity contribution >= 4 is 46.6 Å². The van der Waals surface area contributed by atoms with Crippen molar-refractivity contribution < 1.29 is 24.2 Å². The molecule has 144 valence electrons. The summed E-state index contributed by atoms with van der Waals surface area (Å²) < 4.78 is 5.33. The summed E-state index contributed by atoms with van der Waals surface area (Å²) in [5.41, 5.74) is 1.43. The third-order valence-corrected chi connectivity index (χ3v) is 5.20. The zero-order valence-electron chi connectivity index (χ0n) is 14.6. The second kappa shape index (κ2) is 8.95. The van der Waals surface area contributed by atoms with E-state index in [0.717, 1.165) is 17.3 Å². The van der Waals surface area contributed by atoms with E-state index < -0.39 is 5.97 Å². The Morgan fingerprint density at radius 2 is 1.86 bits per heavy atom. The molecule has 0 unspecified atom stereocenters. The maximum absolute atomic E-state index is 12.6. The summed E-state index contributed by atoms with van der Waals surface area (Å²) in [7, 11) is 0. The average Bonchev–Trinajstić information content (AvgIpc) is 2.92. The minimum absolute atomic E-state index is 0.0790. The van der Waals surface area contributed by atoms with Gasteiger partial charge in [0.1, 0.15) is 5.75 Å². The van der Waals surface area contributed by atoms with Crippen molar-refractivity contribution in [3.63, 3.8) is 0 Å². The van der Waals surface area contributed by atoms with Crippen molar-refractivity contribution in [2.24, 2.45) is 0 Å². The number of thioether (sulfide) groups is 1. The van der Waals surface area contributed by atoms with Crippen molar-refractivity contribution in [1.29, 1.82) is 0 Å². The summed E-state index contributed by atoms with van der Waals surface area (Å²) >= 11 is 7.00. The molecule has 2 aromatic rings. The van der Waals surface area contributed by atoms with Gasteiger partial charge in [0, 0.05) is 5.02 Å². The highest BCUT2D eigenvalue weighted by Crippen LogP contribution is 2.34. The van der Waals surface area contributed by atoms with Gasteiger partial charge in [-0.3, -0.25) is 19.3 Å². The van der Waals surface area contributed by atoms with Crippen LogP contribution in [0, 0.1) is 0 Å². The van der Waals surface area contributed by atoms with Crippen molar-refractivity contribution in [2.45, 2.75) is 13.0 Å². The summed E-state index contributed by atoms with van der Waals surface area (Å²) in [5, 5.41) is 8.77. The van der Waals surface area contributed by atoms with Crippen LogP contribution in [0.1, 0.15) is 17.5 Å². The van der Waals surface area contributed by atoms with Crippen molar-refractivity contribution in [3.8, 4) is 5.75 Å². The Balaban J connectivity index is 1.67. The maximum atomic E-state index is 12.6. The van der Waals surface area contributed by atoms with E-state index in [1.807, 2.05) is 0 Å². The Labute approximate surface area is 170 Å². The van der Waals surface area contributed by atoms with Crippen LogP contribution in [-0.4, -0.2) is 33.7 Å². The van der Waals surface area contributed by atoms with Gasteiger partial charge in [-0.1, -0.05) is 41.9 Å². The number of aliphatic carboxylic acids is 1. The van der Waals surface area contributed by atoms with Crippen LogP contribution in [0.3, 0.4) is 0 Å². The van der Waals surface area contributed by atoms with Crippen LogP contribution in [0.15, 0.2) is 53.4 Å². The van der Waals surface area contributed by atoms with E-state index in [-0.39, 0.29) is 30.7 Å². The molecule has 3 rings (SSSR count). The fraction of sp³-hybridized carbons (Fsp3) is 0.150. The number of rotatable bonds is 7. The quantitative estimate of drug-likeness (QED) is 0.671. The van der Waals surface area contributed by atoms with Gasteiger partial charge in [-0.15, -0.1) is 0 Å². The van der Waals surface area contributed by atoms with Gasteiger partial charge in [0.25, 0.3) is 11.1 Å².